The zero-order valence-corrected chi connectivity index (χ0v) is 72.0. The fourth-order valence-corrected chi connectivity index (χ4v) is 19.4. The van der Waals surface area contributed by atoms with Gasteiger partial charge in [0.1, 0.15) is 0 Å². The summed E-state index contributed by atoms with van der Waals surface area (Å²) in [6.07, 6.45) is 3.97. The van der Waals surface area contributed by atoms with Gasteiger partial charge in [0.15, 0.2) is 0 Å². The first kappa shape index (κ1) is 78.3. The van der Waals surface area contributed by atoms with Gasteiger partial charge in [-0.1, -0.05) is 339 Å². The Morgan fingerprint density at radius 2 is 0.489 bits per heavy atom. The summed E-state index contributed by atoms with van der Waals surface area (Å²) in [6.45, 7) is 2.13. The van der Waals surface area contributed by atoms with Gasteiger partial charge >= 0.3 is 0 Å². The van der Waals surface area contributed by atoms with E-state index in [9.17, 15) is 0 Å². The molecule has 20 aromatic carbocycles. The van der Waals surface area contributed by atoms with Crippen LogP contribution in [0.25, 0.3) is 159 Å². The summed E-state index contributed by atoms with van der Waals surface area (Å²) in [4.78, 5) is 16.8. The minimum atomic E-state index is 0.997. The second-order valence-corrected chi connectivity index (χ2v) is 33.3. The molecule has 25 aromatic rings. The van der Waals surface area contributed by atoms with E-state index in [0.29, 0.717) is 0 Å². The highest BCUT2D eigenvalue weighted by atomic mass is 15.2. The number of anilines is 9. The van der Waals surface area contributed by atoms with Gasteiger partial charge in [0.05, 0.1) is 90.7 Å². The van der Waals surface area contributed by atoms with Crippen LogP contribution < -0.4 is 14.7 Å². The summed E-state index contributed by atoms with van der Waals surface area (Å²) in [5.41, 5.74) is 30.8. The zero-order valence-electron chi connectivity index (χ0n) is 72.0. The van der Waals surface area contributed by atoms with Gasteiger partial charge in [0, 0.05) is 82.6 Å². The molecule has 0 unspecified atom stereocenters. The zero-order chi connectivity index (χ0) is 87.1. The highest BCUT2D eigenvalue weighted by Crippen LogP contribution is 2.50. The molecule has 0 aliphatic carbocycles. The van der Waals surface area contributed by atoms with Crippen LogP contribution in [0.3, 0.4) is 0 Å². The van der Waals surface area contributed by atoms with Gasteiger partial charge in [-0.3, -0.25) is 9.97 Å². The highest BCUT2D eigenvalue weighted by molar-refractivity contribution is 6.21. The molecule has 8 heteroatoms. The van der Waals surface area contributed by atoms with Gasteiger partial charge < -0.3 is 28.4 Å². The van der Waals surface area contributed by atoms with Crippen molar-refractivity contribution in [1.82, 2.24) is 23.7 Å². The molecular formula is C123H86N8. The lowest BCUT2D eigenvalue weighted by Crippen LogP contribution is -2.10. The first-order chi connectivity index (χ1) is 64.9. The summed E-state index contributed by atoms with van der Waals surface area (Å²) < 4.78 is 7.15. The SMILES string of the molecule is Cc1ccc(N(c2ccc(-c3ccccc3)cc2)c2cccc3c2c2ccccc2n3-c2cnc3ccccc3c2)cc1.c1ccc(-c2ccc(N(c3ccccc3)c3cccc4c3c3ccccc3n4-c3cnc4ccccc4c3)cc2)cc1.c1ccc(-c2cccc(N(c3ccccc3)c3cccc4c3c3ccccc3n4-c3cc4ccccc4c4ccccc34)c2)cc1. The van der Waals surface area contributed by atoms with E-state index in [1.54, 1.807) is 0 Å². The van der Waals surface area contributed by atoms with E-state index in [1.807, 2.05) is 24.5 Å². The normalized spacial score (nSPS) is 11.4. The van der Waals surface area contributed by atoms with E-state index < -0.39 is 0 Å². The predicted molar refractivity (Wildman–Crippen MR) is 553 cm³/mol. The van der Waals surface area contributed by atoms with Crippen LogP contribution in [0.5, 0.6) is 0 Å². The third-order valence-corrected chi connectivity index (χ3v) is 25.4. The average molecular weight is 1680 g/mol. The Labute approximate surface area is 759 Å². The summed E-state index contributed by atoms with van der Waals surface area (Å²) in [7, 11) is 0. The molecule has 0 fully saturated rings. The number of pyridine rings is 2. The van der Waals surface area contributed by atoms with Gasteiger partial charge in [0.25, 0.3) is 0 Å². The molecule has 0 saturated heterocycles. The van der Waals surface area contributed by atoms with Crippen molar-refractivity contribution >= 4 is 160 Å². The largest absolute Gasteiger partial charge is 0.310 e. The van der Waals surface area contributed by atoms with Crippen molar-refractivity contribution in [2.45, 2.75) is 6.92 Å². The molecule has 0 spiro atoms. The molecular weight excluding hydrogens is 1590 g/mol. The van der Waals surface area contributed by atoms with Gasteiger partial charge in [-0.15, -0.1) is 0 Å². The number of aryl methyl sites for hydroxylation is 1. The molecule has 0 amide bonds. The standard InChI is InChI=1S/C44H30N2.C40H29N3.C39H27N3/c1-3-15-31(16-4-1)32-18-13-21-35(29-32)45(34-19-5-2-6-20-34)41-27-14-28-42-44(41)39-25-11-12-26-40(39)46(42)43-30-33-17-7-8-22-36(33)37-23-9-10-24-38(37)43;1-28-18-22-32(23-19-28)42(33-24-20-30(21-25-33)29-10-3-2-4-11-29)38-16-9-17-39-40(38)35-13-6-8-15-37(35)43(39)34-26-31-12-5-7-14-36(31)41-27-34;1-3-12-28(13-4-1)29-22-24-32(25-23-29)41(31-15-5-2-6-16-31)37-20-11-21-38-39(37)34-17-8-10-19-36(34)42(38)33-26-30-14-7-9-18-35(30)40-27-33/h1-30H;2-27H,1H3;1-27H. The van der Waals surface area contributed by atoms with Crippen LogP contribution in [0.15, 0.2) is 504 Å². The summed E-state index contributed by atoms with van der Waals surface area (Å²) in [6, 6.07) is 176. The summed E-state index contributed by atoms with van der Waals surface area (Å²) in [5.74, 6) is 0. The molecule has 131 heavy (non-hydrogen) atoms. The maximum Gasteiger partial charge on any atom is 0.0703 e. The van der Waals surface area contributed by atoms with Crippen molar-refractivity contribution in [3.8, 4) is 50.4 Å². The number of para-hydroxylation sites is 7. The van der Waals surface area contributed by atoms with Crippen LogP contribution >= 0.6 is 0 Å². The molecule has 5 heterocycles. The molecule has 0 radical (unpaired) electrons. The lowest BCUT2D eigenvalue weighted by Gasteiger charge is -2.27. The lowest BCUT2D eigenvalue weighted by atomic mass is 10.00. The van der Waals surface area contributed by atoms with Crippen molar-refractivity contribution in [1.29, 1.82) is 0 Å². The van der Waals surface area contributed by atoms with Gasteiger partial charge in [0.2, 0.25) is 0 Å². The quantitative estimate of drug-likeness (QED) is 0.0958. The van der Waals surface area contributed by atoms with Crippen molar-refractivity contribution in [2.24, 2.45) is 0 Å². The summed E-state index contributed by atoms with van der Waals surface area (Å²) in [5, 5.41) is 14.6. The fourth-order valence-electron chi connectivity index (χ4n) is 19.4. The number of fused-ring (bicyclic) bond motifs is 14. The number of rotatable bonds is 15. The smallest absolute Gasteiger partial charge is 0.0703 e. The van der Waals surface area contributed by atoms with Crippen molar-refractivity contribution < 1.29 is 0 Å². The van der Waals surface area contributed by atoms with Gasteiger partial charge in [-0.25, -0.2) is 0 Å². The average Bonchev–Trinajstić information content (AvgIpc) is 1.58. The lowest BCUT2D eigenvalue weighted by molar-refractivity contribution is 1.16. The van der Waals surface area contributed by atoms with Gasteiger partial charge in [-0.05, 0) is 214 Å². The monoisotopic (exact) mass is 1670 g/mol. The van der Waals surface area contributed by atoms with E-state index in [-0.39, 0.29) is 0 Å². The Morgan fingerprint density at radius 1 is 0.191 bits per heavy atom. The Hall–Kier alpha value is -17.5. The number of nitrogens with zero attached hydrogens (tertiary/aromatic N) is 8. The molecule has 0 bridgehead atoms. The molecule has 0 atom stereocenters. The second-order valence-electron chi connectivity index (χ2n) is 33.3. The molecule has 5 aromatic heterocycles. The number of hydrogen-bond acceptors (Lipinski definition) is 5. The molecule has 618 valence electrons. The van der Waals surface area contributed by atoms with Crippen molar-refractivity contribution in [3.63, 3.8) is 0 Å². The molecule has 25 rings (SSSR count). The molecule has 0 aliphatic heterocycles. The van der Waals surface area contributed by atoms with Gasteiger partial charge in [-0.2, -0.15) is 0 Å². The minimum Gasteiger partial charge on any atom is -0.310 e. The second kappa shape index (κ2) is 34.1. The van der Waals surface area contributed by atoms with E-state index >= 15 is 0 Å². The predicted octanol–water partition coefficient (Wildman–Crippen LogP) is 33.5. The number of benzene rings is 20. The van der Waals surface area contributed by atoms with Crippen LogP contribution in [0.2, 0.25) is 0 Å². The maximum absolute atomic E-state index is 4.81. The summed E-state index contributed by atoms with van der Waals surface area (Å²) >= 11 is 0. The molecule has 0 aliphatic rings. The molecule has 0 N–H and O–H groups in total. The number of aromatic nitrogens is 5. The first-order valence-corrected chi connectivity index (χ1v) is 44.7. The Kier molecular flexibility index (Phi) is 20.4. The van der Waals surface area contributed by atoms with Crippen LogP contribution in [0, 0.1) is 6.92 Å². The highest BCUT2D eigenvalue weighted by Gasteiger charge is 2.27. The number of hydrogen-bond donors (Lipinski definition) is 0. The third-order valence-electron chi connectivity index (χ3n) is 25.4. The maximum atomic E-state index is 4.81. The van der Waals surface area contributed by atoms with E-state index in [4.69, 9.17) is 9.97 Å². The Balaban J connectivity index is 0.000000112. The van der Waals surface area contributed by atoms with Crippen LogP contribution in [0.1, 0.15) is 5.56 Å². The van der Waals surface area contributed by atoms with Crippen LogP contribution in [-0.2, 0) is 0 Å². The topological polar surface area (TPSA) is 50.3 Å². The Morgan fingerprint density at radius 3 is 0.939 bits per heavy atom. The van der Waals surface area contributed by atoms with E-state index in [1.165, 1.54) is 110 Å². The van der Waals surface area contributed by atoms with Crippen molar-refractivity contribution in [3.05, 3.63) is 509 Å². The third kappa shape index (κ3) is 14.5. The molecule has 0 saturated carbocycles. The van der Waals surface area contributed by atoms with Crippen LogP contribution in [0.4, 0.5) is 51.2 Å². The Bertz CT molecular complexity index is 8520. The minimum absolute atomic E-state index is 0.997. The van der Waals surface area contributed by atoms with Crippen molar-refractivity contribution in [2.75, 3.05) is 14.7 Å². The van der Waals surface area contributed by atoms with Crippen LogP contribution in [-0.4, -0.2) is 23.7 Å². The van der Waals surface area contributed by atoms with E-state index in [0.717, 1.165) is 106 Å². The van der Waals surface area contributed by atoms with E-state index in [2.05, 4.69) is 515 Å². The molecule has 8 nitrogen and oxygen atoms in total. The first-order valence-electron chi connectivity index (χ1n) is 44.7. The fraction of sp³-hybridized carbons (Fsp3) is 0.00813.